The van der Waals surface area contributed by atoms with E-state index in [1.807, 2.05) is 12.3 Å². The molecule has 2 aromatic heterocycles. The van der Waals surface area contributed by atoms with Crippen LogP contribution in [-0.2, 0) is 42.7 Å². The summed E-state index contributed by atoms with van der Waals surface area (Å²) in [6.07, 6.45) is 1.92. The van der Waals surface area contributed by atoms with Crippen LogP contribution in [0, 0.1) is 18.8 Å². The zero-order chi connectivity index (χ0) is 40.5. The molecule has 5 aromatic carbocycles. The van der Waals surface area contributed by atoms with Gasteiger partial charge in [-0.25, -0.2) is 9.58 Å². The third-order valence-electron chi connectivity index (χ3n) is 12.1. The maximum atomic E-state index is 6.89. The molecule has 2 aliphatic heterocycles. The molecule has 2 atom stereocenters. The van der Waals surface area contributed by atoms with Gasteiger partial charge >= 0.3 is 0 Å². The number of quaternary nitrogens is 2. The maximum absolute atomic E-state index is 6.89. The van der Waals surface area contributed by atoms with E-state index >= 15 is 0 Å². The van der Waals surface area contributed by atoms with Gasteiger partial charge in [-0.15, -0.1) is 35.2 Å². The maximum Gasteiger partial charge on any atom is 0.225 e. The molecule has 1 saturated heterocycles. The average molecular weight is 947 g/mol. The van der Waals surface area contributed by atoms with E-state index in [0.717, 1.165) is 33.3 Å². The molecule has 0 saturated carbocycles. The number of para-hydroxylation sites is 1. The summed E-state index contributed by atoms with van der Waals surface area (Å²) in [5.74, 6) is 2.19. The first-order valence-electron chi connectivity index (χ1n) is 20.3. The van der Waals surface area contributed by atoms with Gasteiger partial charge in [-0.1, -0.05) is 131 Å². The van der Waals surface area contributed by atoms with E-state index in [9.17, 15) is 0 Å². The zero-order valence-electron chi connectivity index (χ0n) is 36.0. The topological polar surface area (TPSA) is 27.1 Å². The molecule has 0 aliphatic carbocycles. The monoisotopic (exact) mass is 946 g/mol. The predicted molar refractivity (Wildman–Crippen MR) is 238 cm³/mol. The molecule has 0 amide bonds. The van der Waals surface area contributed by atoms with Gasteiger partial charge in [-0.3, -0.25) is 0 Å². The van der Waals surface area contributed by atoms with Crippen molar-refractivity contribution < 1.29 is 25.8 Å². The van der Waals surface area contributed by atoms with Crippen molar-refractivity contribution in [3.05, 3.63) is 150 Å². The fraction of sp³-hybridized carbons (Fsp3) is 0.308. The van der Waals surface area contributed by atoms with Crippen molar-refractivity contribution in [2.75, 3.05) is 0 Å². The molecule has 7 aromatic rings. The summed E-state index contributed by atoms with van der Waals surface area (Å²) in [6, 6.07) is 45.3. The summed E-state index contributed by atoms with van der Waals surface area (Å²) in [7, 11) is 0. The Balaban J connectivity index is 0.00000469. The van der Waals surface area contributed by atoms with Crippen LogP contribution in [0.4, 0.5) is 22.7 Å². The molecule has 1 fully saturated rings. The van der Waals surface area contributed by atoms with E-state index in [2.05, 4.69) is 204 Å². The number of aromatic nitrogens is 2. The van der Waals surface area contributed by atoms with Gasteiger partial charge in [0.2, 0.25) is 11.4 Å². The Kier molecular flexibility index (Phi) is 9.18. The van der Waals surface area contributed by atoms with Gasteiger partial charge in [-0.05, 0) is 61.9 Å². The van der Waals surface area contributed by atoms with E-state index in [4.69, 9.17) is 9.72 Å². The minimum absolute atomic E-state index is 0. The smallest absolute Gasteiger partial charge is 0.225 e. The fourth-order valence-electron chi connectivity index (χ4n) is 8.62. The van der Waals surface area contributed by atoms with E-state index in [-0.39, 0.29) is 42.7 Å². The van der Waals surface area contributed by atoms with Gasteiger partial charge in [0.05, 0.1) is 5.69 Å². The number of pyridine rings is 1. The molecule has 9 rings (SSSR count). The summed E-state index contributed by atoms with van der Waals surface area (Å²) in [5, 5.41) is 2.27. The Bertz CT molecular complexity index is 2750. The predicted octanol–water partition coefficient (Wildman–Crippen LogP) is 14.1. The van der Waals surface area contributed by atoms with Crippen molar-refractivity contribution in [3.8, 4) is 17.3 Å². The Morgan fingerprint density at radius 3 is 1.93 bits per heavy atom. The molecular weight excluding hydrogens is 892 g/mol. The van der Waals surface area contributed by atoms with Crippen LogP contribution >= 0.6 is 0 Å². The second-order valence-electron chi connectivity index (χ2n) is 20.3. The van der Waals surface area contributed by atoms with Crippen LogP contribution in [-0.4, -0.2) is 9.55 Å². The van der Waals surface area contributed by atoms with Crippen molar-refractivity contribution in [2.24, 2.45) is 0 Å². The van der Waals surface area contributed by atoms with Crippen molar-refractivity contribution >= 4 is 44.6 Å². The SMILES string of the molecule is CC(C)(C)c1cc(Oc2[c-]c3c(cc2)c2ccccc2n3-c2cc(C(C)(C)C)ccn2)[c-]c([N+]23[CH-][N@+]2(c2cccc(C(C)(C)C)c2)c2cc(C(C)(C)C)ccc23)c1.[Pt]. The van der Waals surface area contributed by atoms with Crippen molar-refractivity contribution in [1.82, 2.24) is 18.7 Å². The van der Waals surface area contributed by atoms with E-state index in [1.54, 1.807) is 0 Å². The van der Waals surface area contributed by atoms with Crippen LogP contribution in [0.15, 0.2) is 109 Å². The number of fused-ring (bicyclic) bond motifs is 7. The minimum Gasteiger partial charge on any atom is -0.509 e. The van der Waals surface area contributed by atoms with Crippen LogP contribution in [0.3, 0.4) is 0 Å². The second kappa shape index (κ2) is 13.2. The molecule has 0 bridgehead atoms. The Morgan fingerprint density at radius 1 is 0.552 bits per heavy atom. The third-order valence-corrected chi connectivity index (χ3v) is 12.1. The first kappa shape index (κ1) is 40.2. The number of nitrogens with zero attached hydrogens (tertiary/aromatic N) is 4. The van der Waals surface area contributed by atoms with Gasteiger partial charge in [0, 0.05) is 68.5 Å². The minimum atomic E-state index is -0.133. The summed E-state index contributed by atoms with van der Waals surface area (Å²) in [5.41, 5.74) is 11.9. The van der Waals surface area contributed by atoms with Gasteiger partial charge in [0.15, 0.2) is 12.4 Å². The summed E-state index contributed by atoms with van der Waals surface area (Å²) in [6.45, 7) is 29.7. The van der Waals surface area contributed by atoms with Crippen molar-refractivity contribution in [1.29, 1.82) is 0 Å². The first-order chi connectivity index (χ1) is 26.7. The summed E-state index contributed by atoms with van der Waals surface area (Å²) in [4.78, 5) is 4.88. The Hall–Kier alpha value is -4.54. The molecule has 0 radical (unpaired) electrons. The third kappa shape index (κ3) is 6.19. The van der Waals surface area contributed by atoms with Crippen LogP contribution in [0.1, 0.15) is 105 Å². The molecule has 2 aliphatic rings. The standard InChI is InChI=1S/C52H55N4O.Pt/c1-49(2,3)34-16-15-17-38(26-34)55-33-56(55,46-23-20-35(29-47(46)55)50(4,5)6)39-27-37(52(10,11)12)28-41(31-39)57-40-21-22-43-42-18-13-14-19-44(42)54(45(43)32-40)48-30-36(24-25-53-48)51(7,8)9;/h13-30,33H,1-12H3;/q-1;/t55-,56?;/m0./s1. The van der Waals surface area contributed by atoms with Crippen LogP contribution in [0.5, 0.6) is 11.5 Å². The van der Waals surface area contributed by atoms with Crippen molar-refractivity contribution in [3.63, 3.8) is 0 Å². The number of rotatable bonds is 5. The molecule has 0 spiro atoms. The summed E-state index contributed by atoms with van der Waals surface area (Å²) >= 11 is 0. The quantitative estimate of drug-likeness (QED) is 0.0977. The van der Waals surface area contributed by atoms with Crippen LogP contribution < -0.4 is 13.9 Å². The number of ether oxygens (including phenoxy) is 1. The summed E-state index contributed by atoms with van der Waals surface area (Å²) < 4.78 is 10.3. The van der Waals surface area contributed by atoms with E-state index in [1.165, 1.54) is 39.3 Å². The molecule has 0 N–H and O–H groups in total. The van der Waals surface area contributed by atoms with Crippen LogP contribution in [0.25, 0.3) is 27.6 Å². The Labute approximate surface area is 359 Å². The number of benzene rings is 5. The molecule has 58 heavy (non-hydrogen) atoms. The largest absolute Gasteiger partial charge is 0.509 e. The molecular formula is C52H55N4OPt-. The molecule has 5 nitrogen and oxygen atoms in total. The van der Waals surface area contributed by atoms with Gasteiger partial charge in [0.1, 0.15) is 5.82 Å². The van der Waals surface area contributed by atoms with Gasteiger partial charge in [0.25, 0.3) is 0 Å². The number of hydrogen-bond acceptors (Lipinski definition) is 2. The molecule has 1 unspecified atom stereocenters. The van der Waals surface area contributed by atoms with Gasteiger partial charge < -0.3 is 9.30 Å². The fourth-order valence-corrected chi connectivity index (χ4v) is 8.62. The molecule has 4 heterocycles. The first-order valence-corrected chi connectivity index (χ1v) is 20.3. The Morgan fingerprint density at radius 2 is 1.22 bits per heavy atom. The molecule has 6 heteroatoms. The zero-order valence-corrected chi connectivity index (χ0v) is 38.3. The molecule has 300 valence electrons. The second-order valence-corrected chi connectivity index (χ2v) is 20.3. The van der Waals surface area contributed by atoms with Crippen LogP contribution in [0.2, 0.25) is 0 Å². The van der Waals surface area contributed by atoms with E-state index < -0.39 is 0 Å². The normalized spacial score (nSPS) is 19.0. The van der Waals surface area contributed by atoms with E-state index in [0.29, 0.717) is 20.7 Å². The van der Waals surface area contributed by atoms with Gasteiger partial charge in [-0.2, -0.15) is 10.7 Å². The number of hydrogen-bond donors (Lipinski definition) is 0. The van der Waals surface area contributed by atoms with Crippen molar-refractivity contribution in [2.45, 2.75) is 105 Å². The average Bonchev–Trinajstić information content (AvgIpc) is 3.64.